The summed E-state index contributed by atoms with van der Waals surface area (Å²) in [4.78, 5) is 24.3. The van der Waals surface area contributed by atoms with Crippen LogP contribution in [-0.2, 0) is 11.4 Å². The molecule has 30 heavy (non-hydrogen) atoms. The topological polar surface area (TPSA) is 97.8 Å². The number of carboxylic acids is 1. The van der Waals surface area contributed by atoms with Gasteiger partial charge in [0.1, 0.15) is 12.4 Å². The first-order chi connectivity index (χ1) is 14.5. The lowest BCUT2D eigenvalue weighted by Gasteiger charge is -2.23. The molecule has 2 N–H and O–H groups in total. The van der Waals surface area contributed by atoms with Gasteiger partial charge in [-0.1, -0.05) is 24.3 Å². The number of hydrogen-bond acceptors (Lipinski definition) is 6. The van der Waals surface area contributed by atoms with Gasteiger partial charge in [-0.2, -0.15) is 4.37 Å². The molecule has 9 heteroatoms. The van der Waals surface area contributed by atoms with Crippen LogP contribution in [0.2, 0.25) is 0 Å². The third kappa shape index (κ3) is 3.71. The molecule has 0 unspecified atom stereocenters. The Morgan fingerprint density at radius 3 is 2.83 bits per heavy atom. The van der Waals surface area contributed by atoms with E-state index < -0.39 is 5.97 Å². The van der Waals surface area contributed by atoms with Crippen LogP contribution < -0.4 is 14.8 Å². The maximum Gasteiger partial charge on any atom is 0.357 e. The zero-order valence-corrected chi connectivity index (χ0v) is 16.7. The third-order valence-electron chi connectivity index (χ3n) is 4.82. The van der Waals surface area contributed by atoms with Crippen molar-refractivity contribution in [2.75, 3.05) is 12.4 Å². The SMILES string of the molecule is COc1ccc([C@@H]2CC(=O)Nc3c(C(=O)O)nsc32)cc1OCc1ccccc1F. The smallest absolute Gasteiger partial charge is 0.357 e. The molecule has 1 amide bonds. The molecule has 0 radical (unpaired) electrons. The van der Waals surface area contributed by atoms with Gasteiger partial charge in [0, 0.05) is 17.9 Å². The number of aromatic nitrogens is 1. The monoisotopic (exact) mass is 428 g/mol. The number of rotatable bonds is 6. The Balaban J connectivity index is 1.67. The molecule has 0 spiro atoms. The molecule has 1 atom stereocenters. The number of fused-ring (bicyclic) bond motifs is 1. The highest BCUT2D eigenvalue weighted by molar-refractivity contribution is 7.06. The predicted octanol–water partition coefficient (Wildman–Crippen LogP) is 4.04. The molecule has 0 saturated heterocycles. The van der Waals surface area contributed by atoms with Gasteiger partial charge in [-0.3, -0.25) is 4.79 Å². The van der Waals surface area contributed by atoms with E-state index in [0.29, 0.717) is 21.9 Å². The fourth-order valence-electron chi connectivity index (χ4n) is 3.34. The van der Waals surface area contributed by atoms with Gasteiger partial charge in [-0.25, -0.2) is 9.18 Å². The van der Waals surface area contributed by atoms with E-state index in [9.17, 15) is 19.1 Å². The maximum absolute atomic E-state index is 13.9. The van der Waals surface area contributed by atoms with Gasteiger partial charge in [-0.05, 0) is 35.3 Å². The Morgan fingerprint density at radius 2 is 2.10 bits per heavy atom. The second kappa shape index (κ2) is 8.11. The van der Waals surface area contributed by atoms with Crippen molar-refractivity contribution in [2.45, 2.75) is 18.9 Å². The van der Waals surface area contributed by atoms with Crippen molar-refractivity contribution in [3.8, 4) is 11.5 Å². The Kier molecular flexibility index (Phi) is 5.37. The first-order valence-electron chi connectivity index (χ1n) is 9.04. The Bertz CT molecular complexity index is 1130. The van der Waals surface area contributed by atoms with Gasteiger partial charge in [0.05, 0.1) is 17.7 Å². The number of carbonyl (C=O) groups excluding carboxylic acids is 1. The van der Waals surface area contributed by atoms with Crippen LogP contribution in [0.4, 0.5) is 10.1 Å². The number of nitrogens with one attached hydrogen (secondary N) is 1. The molecule has 0 bridgehead atoms. The van der Waals surface area contributed by atoms with Crippen LogP contribution in [0.3, 0.4) is 0 Å². The lowest BCUT2D eigenvalue weighted by Crippen LogP contribution is -2.23. The molecule has 7 nitrogen and oxygen atoms in total. The highest BCUT2D eigenvalue weighted by atomic mass is 32.1. The molecule has 3 aromatic rings. The van der Waals surface area contributed by atoms with Gasteiger partial charge in [0.15, 0.2) is 17.2 Å². The summed E-state index contributed by atoms with van der Waals surface area (Å²) < 4.78 is 29.1. The Hall–Kier alpha value is -3.46. The molecule has 0 aliphatic carbocycles. The third-order valence-corrected chi connectivity index (χ3v) is 5.78. The first kappa shape index (κ1) is 19.8. The predicted molar refractivity (Wildman–Crippen MR) is 108 cm³/mol. The number of ether oxygens (including phenoxy) is 2. The lowest BCUT2D eigenvalue weighted by atomic mass is 9.90. The van der Waals surface area contributed by atoms with E-state index in [-0.39, 0.29) is 42.1 Å². The molecular formula is C21H17FN2O5S. The largest absolute Gasteiger partial charge is 0.493 e. The Labute approximate surface area is 175 Å². The number of carboxylic acid groups (broad SMARTS) is 1. The summed E-state index contributed by atoms with van der Waals surface area (Å²) in [7, 11) is 1.50. The molecule has 4 rings (SSSR count). The fourth-order valence-corrected chi connectivity index (χ4v) is 4.28. The number of methoxy groups -OCH3 is 1. The van der Waals surface area contributed by atoms with Crippen molar-refractivity contribution in [2.24, 2.45) is 0 Å². The van der Waals surface area contributed by atoms with E-state index in [0.717, 1.165) is 17.1 Å². The van der Waals surface area contributed by atoms with E-state index in [2.05, 4.69) is 9.69 Å². The molecule has 2 heterocycles. The van der Waals surface area contributed by atoms with Crippen molar-refractivity contribution < 1.29 is 28.6 Å². The highest BCUT2D eigenvalue weighted by Crippen LogP contribution is 2.43. The summed E-state index contributed by atoms with van der Waals surface area (Å²) in [6.45, 7) is 0.00656. The first-order valence-corrected chi connectivity index (χ1v) is 9.82. The number of halogens is 1. The van der Waals surface area contributed by atoms with E-state index in [4.69, 9.17) is 9.47 Å². The van der Waals surface area contributed by atoms with Gasteiger partial charge >= 0.3 is 5.97 Å². The second-order valence-electron chi connectivity index (χ2n) is 6.67. The van der Waals surface area contributed by atoms with Gasteiger partial charge in [0.2, 0.25) is 5.91 Å². The van der Waals surface area contributed by atoms with Crippen molar-refractivity contribution >= 4 is 29.1 Å². The number of amides is 1. The molecular weight excluding hydrogens is 411 g/mol. The molecule has 154 valence electrons. The van der Waals surface area contributed by atoms with Crippen molar-refractivity contribution in [1.29, 1.82) is 0 Å². The van der Waals surface area contributed by atoms with Crippen LogP contribution >= 0.6 is 11.5 Å². The number of carbonyl (C=O) groups is 2. The van der Waals surface area contributed by atoms with E-state index in [1.165, 1.54) is 13.2 Å². The summed E-state index contributed by atoms with van der Waals surface area (Å²) in [5, 5.41) is 11.9. The summed E-state index contributed by atoms with van der Waals surface area (Å²) in [6.07, 6.45) is 0.146. The minimum Gasteiger partial charge on any atom is -0.493 e. The number of benzene rings is 2. The average Bonchev–Trinajstić information content (AvgIpc) is 3.16. The van der Waals surface area contributed by atoms with Crippen LogP contribution in [0.25, 0.3) is 0 Å². The fraction of sp³-hybridized carbons (Fsp3) is 0.190. The van der Waals surface area contributed by atoms with Crippen LogP contribution in [0.1, 0.15) is 38.8 Å². The molecule has 0 fully saturated rings. The van der Waals surface area contributed by atoms with E-state index >= 15 is 0 Å². The minimum absolute atomic E-state index is 0.00656. The second-order valence-corrected chi connectivity index (χ2v) is 7.48. The summed E-state index contributed by atoms with van der Waals surface area (Å²) >= 11 is 1.05. The number of anilines is 1. The summed E-state index contributed by atoms with van der Waals surface area (Å²) in [5.41, 5.74) is 1.21. The number of hydrogen-bond donors (Lipinski definition) is 2. The number of nitrogens with zero attached hydrogens (tertiary/aromatic N) is 1. The quantitative estimate of drug-likeness (QED) is 0.615. The normalized spacial score (nSPS) is 15.3. The highest BCUT2D eigenvalue weighted by Gasteiger charge is 2.33. The van der Waals surface area contributed by atoms with Crippen LogP contribution in [0.15, 0.2) is 42.5 Å². The van der Waals surface area contributed by atoms with Crippen molar-refractivity contribution in [3.63, 3.8) is 0 Å². The van der Waals surface area contributed by atoms with Gasteiger partial charge < -0.3 is 19.9 Å². The molecule has 0 saturated carbocycles. The molecule has 2 aromatic carbocycles. The molecule has 1 aromatic heterocycles. The van der Waals surface area contributed by atoms with E-state index in [1.807, 2.05) is 0 Å². The maximum atomic E-state index is 13.9. The summed E-state index contributed by atoms with van der Waals surface area (Å²) in [5.74, 6) is -1.37. The van der Waals surface area contributed by atoms with Crippen molar-refractivity contribution in [1.82, 2.24) is 4.37 Å². The van der Waals surface area contributed by atoms with E-state index in [1.54, 1.807) is 36.4 Å². The van der Waals surface area contributed by atoms with Crippen LogP contribution in [0, 0.1) is 5.82 Å². The lowest BCUT2D eigenvalue weighted by molar-refractivity contribution is -0.116. The van der Waals surface area contributed by atoms with Gasteiger partial charge in [-0.15, -0.1) is 0 Å². The molecule has 1 aliphatic heterocycles. The minimum atomic E-state index is -1.20. The standard InChI is InChI=1S/C21H17FN2O5S/c1-28-15-7-6-11(8-16(15)29-10-12-4-2-3-5-14(12)22)13-9-17(25)23-18-19(21(26)27)24-30-20(13)18/h2-8,13H,9-10H2,1H3,(H,23,25)(H,26,27)/t13-/m0/s1. The van der Waals surface area contributed by atoms with Gasteiger partial charge in [0.25, 0.3) is 0 Å². The molecule has 1 aliphatic rings. The summed E-state index contributed by atoms with van der Waals surface area (Å²) in [6, 6.07) is 11.5. The van der Waals surface area contributed by atoms with Crippen LogP contribution in [-0.4, -0.2) is 28.5 Å². The zero-order chi connectivity index (χ0) is 21.3. The van der Waals surface area contributed by atoms with Crippen LogP contribution in [0.5, 0.6) is 11.5 Å². The van der Waals surface area contributed by atoms with Crippen molar-refractivity contribution in [3.05, 3.63) is 70.0 Å². The Morgan fingerprint density at radius 1 is 1.30 bits per heavy atom. The average molecular weight is 428 g/mol. The zero-order valence-electron chi connectivity index (χ0n) is 15.8. The number of aromatic carboxylic acids is 1.